The Morgan fingerprint density at radius 1 is 1.03 bits per heavy atom. The van der Waals surface area contributed by atoms with Crippen LogP contribution in [0.25, 0.3) is 11.1 Å². The molecule has 0 aromatic heterocycles. The number of carbonyl (C=O) groups excluding carboxylic acids is 2. The van der Waals surface area contributed by atoms with Crippen LogP contribution in [0.15, 0.2) is 61.2 Å². The average Bonchev–Trinajstić information content (AvgIpc) is 3.10. The third-order valence-corrected chi connectivity index (χ3v) is 6.10. The van der Waals surface area contributed by atoms with Crippen molar-refractivity contribution in [1.29, 1.82) is 0 Å². The van der Waals surface area contributed by atoms with Crippen LogP contribution in [0, 0.1) is 5.41 Å². The van der Waals surface area contributed by atoms with Gasteiger partial charge in [0.1, 0.15) is 12.6 Å². The molecular weight excluding hydrogens is 432 g/mol. The molecule has 2 aromatic carbocycles. The number of amides is 2. The molecule has 0 radical (unpaired) electrons. The third kappa shape index (κ3) is 5.84. The number of ether oxygens (including phenoxy) is 1. The van der Waals surface area contributed by atoms with Crippen molar-refractivity contribution in [3.8, 4) is 11.1 Å². The number of benzene rings is 2. The van der Waals surface area contributed by atoms with Crippen LogP contribution in [-0.2, 0) is 14.3 Å². The normalized spacial score (nSPS) is 14.3. The van der Waals surface area contributed by atoms with Gasteiger partial charge >= 0.3 is 12.1 Å². The van der Waals surface area contributed by atoms with Crippen molar-refractivity contribution in [1.82, 2.24) is 10.6 Å². The molecule has 2 unspecified atom stereocenters. The maximum Gasteiger partial charge on any atom is 0.407 e. The lowest BCUT2D eigenvalue weighted by atomic mass is 9.84. The fourth-order valence-corrected chi connectivity index (χ4v) is 4.20. The predicted octanol–water partition coefficient (Wildman–Crippen LogP) is 4.48. The quantitative estimate of drug-likeness (QED) is 0.475. The Labute approximate surface area is 200 Å². The van der Waals surface area contributed by atoms with Crippen molar-refractivity contribution in [3.63, 3.8) is 0 Å². The van der Waals surface area contributed by atoms with E-state index in [1.807, 2.05) is 57.2 Å². The summed E-state index contributed by atoms with van der Waals surface area (Å²) < 4.78 is 5.55. The van der Waals surface area contributed by atoms with Gasteiger partial charge in [-0.3, -0.25) is 9.59 Å². The SMILES string of the molecule is C=CCC(NC(=O)OCC1c2ccccc2-c2ccccc21)C(=O)NC(CC(=O)O)C(C)(C)C. The zero-order valence-electron chi connectivity index (χ0n) is 19.8. The minimum absolute atomic E-state index is 0.0920. The Hall–Kier alpha value is -3.61. The van der Waals surface area contributed by atoms with Gasteiger partial charge in [0.05, 0.1) is 6.42 Å². The number of carboxylic acid groups (broad SMARTS) is 1. The van der Waals surface area contributed by atoms with Crippen LogP contribution in [-0.4, -0.2) is 41.8 Å². The summed E-state index contributed by atoms with van der Waals surface area (Å²) in [6.45, 7) is 9.34. The molecule has 1 aliphatic carbocycles. The van der Waals surface area contributed by atoms with Gasteiger partial charge in [-0.15, -0.1) is 6.58 Å². The van der Waals surface area contributed by atoms with E-state index in [1.165, 1.54) is 6.08 Å². The van der Waals surface area contributed by atoms with Gasteiger partial charge in [-0.25, -0.2) is 4.79 Å². The number of hydrogen-bond acceptors (Lipinski definition) is 4. The molecule has 0 aliphatic heterocycles. The van der Waals surface area contributed by atoms with Gasteiger partial charge in [0.2, 0.25) is 5.91 Å². The molecule has 0 spiro atoms. The number of alkyl carbamates (subject to hydrolysis) is 1. The first kappa shape index (κ1) is 25.0. The van der Waals surface area contributed by atoms with E-state index in [9.17, 15) is 19.5 Å². The largest absolute Gasteiger partial charge is 0.481 e. The Morgan fingerprint density at radius 2 is 1.59 bits per heavy atom. The first-order chi connectivity index (χ1) is 16.1. The first-order valence-electron chi connectivity index (χ1n) is 11.4. The molecule has 34 heavy (non-hydrogen) atoms. The number of nitrogens with one attached hydrogen (secondary N) is 2. The van der Waals surface area contributed by atoms with Crippen LogP contribution in [0.5, 0.6) is 0 Å². The Kier molecular flexibility index (Phi) is 7.76. The molecule has 0 saturated heterocycles. The highest BCUT2D eigenvalue weighted by Gasteiger charge is 2.32. The number of aliphatic carboxylic acids is 1. The Morgan fingerprint density at radius 3 is 2.09 bits per heavy atom. The summed E-state index contributed by atoms with van der Waals surface area (Å²) in [6, 6.07) is 14.5. The molecule has 2 aromatic rings. The predicted molar refractivity (Wildman–Crippen MR) is 130 cm³/mol. The summed E-state index contributed by atoms with van der Waals surface area (Å²) in [5, 5.41) is 14.6. The zero-order chi connectivity index (χ0) is 24.9. The number of carbonyl (C=O) groups is 3. The van der Waals surface area contributed by atoms with Crippen molar-refractivity contribution >= 4 is 18.0 Å². The van der Waals surface area contributed by atoms with E-state index in [0.717, 1.165) is 22.3 Å². The third-order valence-electron chi connectivity index (χ3n) is 6.10. The molecule has 7 heteroatoms. The van der Waals surface area contributed by atoms with Gasteiger partial charge in [-0.2, -0.15) is 0 Å². The van der Waals surface area contributed by atoms with E-state index in [1.54, 1.807) is 0 Å². The van der Waals surface area contributed by atoms with Gasteiger partial charge in [-0.05, 0) is 34.1 Å². The summed E-state index contributed by atoms with van der Waals surface area (Å²) in [5.41, 5.74) is 3.97. The summed E-state index contributed by atoms with van der Waals surface area (Å²) in [4.78, 5) is 36.7. The molecule has 3 rings (SSSR count). The molecule has 7 nitrogen and oxygen atoms in total. The van der Waals surface area contributed by atoms with Crippen molar-refractivity contribution in [2.75, 3.05) is 6.61 Å². The Balaban J connectivity index is 1.66. The van der Waals surface area contributed by atoms with Crippen molar-refractivity contribution < 1.29 is 24.2 Å². The summed E-state index contributed by atoms with van der Waals surface area (Å²) in [7, 11) is 0. The van der Waals surface area contributed by atoms with Crippen molar-refractivity contribution in [2.24, 2.45) is 5.41 Å². The van der Waals surface area contributed by atoms with Crippen LogP contribution in [0.1, 0.15) is 50.7 Å². The highest BCUT2D eigenvalue weighted by Crippen LogP contribution is 2.44. The van der Waals surface area contributed by atoms with Crippen LogP contribution in [0.4, 0.5) is 4.79 Å². The number of fused-ring (bicyclic) bond motifs is 3. The van der Waals surface area contributed by atoms with Crippen LogP contribution < -0.4 is 10.6 Å². The average molecular weight is 465 g/mol. The van der Waals surface area contributed by atoms with Crippen LogP contribution in [0.2, 0.25) is 0 Å². The second-order valence-electron chi connectivity index (χ2n) is 9.57. The van der Waals surface area contributed by atoms with Gasteiger partial charge < -0.3 is 20.5 Å². The molecule has 0 fully saturated rings. The molecule has 180 valence electrons. The highest BCUT2D eigenvalue weighted by atomic mass is 16.5. The smallest absolute Gasteiger partial charge is 0.407 e. The maximum absolute atomic E-state index is 12.9. The standard InChI is InChI=1S/C27H32N2O5/c1-5-10-22(25(32)29-23(15-24(30)31)27(2,3)4)28-26(33)34-16-21-19-13-8-6-11-17(19)18-12-7-9-14-20(18)21/h5-9,11-14,21-23H,1,10,15-16H2,2-4H3,(H,28,33)(H,29,32)(H,30,31). The fourth-order valence-electron chi connectivity index (χ4n) is 4.20. The number of rotatable bonds is 9. The minimum atomic E-state index is -1.01. The molecule has 0 heterocycles. The van der Waals surface area contributed by atoms with Gasteiger partial charge in [-0.1, -0.05) is 75.4 Å². The Bertz CT molecular complexity index is 1030. The molecule has 2 amide bonds. The zero-order valence-corrected chi connectivity index (χ0v) is 19.8. The van der Waals surface area contributed by atoms with E-state index < -0.39 is 35.5 Å². The molecular formula is C27H32N2O5. The van der Waals surface area contributed by atoms with E-state index in [4.69, 9.17) is 4.74 Å². The summed E-state index contributed by atoms with van der Waals surface area (Å²) >= 11 is 0. The topological polar surface area (TPSA) is 105 Å². The van der Waals surface area contributed by atoms with Crippen LogP contribution >= 0.6 is 0 Å². The van der Waals surface area contributed by atoms with Crippen LogP contribution in [0.3, 0.4) is 0 Å². The number of hydrogen-bond donors (Lipinski definition) is 3. The van der Waals surface area contributed by atoms with Crippen molar-refractivity contribution in [2.45, 2.75) is 51.6 Å². The van der Waals surface area contributed by atoms with E-state index in [-0.39, 0.29) is 25.4 Å². The fraction of sp³-hybridized carbons (Fsp3) is 0.370. The van der Waals surface area contributed by atoms with Gasteiger partial charge in [0.15, 0.2) is 0 Å². The van der Waals surface area contributed by atoms with E-state index in [2.05, 4.69) is 29.3 Å². The summed E-state index contributed by atoms with van der Waals surface area (Å²) in [6.07, 6.45) is 0.771. The lowest BCUT2D eigenvalue weighted by molar-refractivity contribution is -0.138. The second kappa shape index (κ2) is 10.5. The minimum Gasteiger partial charge on any atom is -0.481 e. The van der Waals surface area contributed by atoms with E-state index in [0.29, 0.717) is 0 Å². The first-order valence-corrected chi connectivity index (χ1v) is 11.4. The second-order valence-corrected chi connectivity index (χ2v) is 9.57. The van der Waals surface area contributed by atoms with Gasteiger partial charge in [0.25, 0.3) is 0 Å². The monoisotopic (exact) mass is 464 g/mol. The lowest BCUT2D eigenvalue weighted by Crippen LogP contribution is -2.53. The lowest BCUT2D eigenvalue weighted by Gasteiger charge is -2.31. The van der Waals surface area contributed by atoms with E-state index >= 15 is 0 Å². The molecule has 0 bridgehead atoms. The number of carboxylic acids is 1. The molecule has 0 saturated carbocycles. The maximum atomic E-state index is 12.9. The van der Waals surface area contributed by atoms with Crippen molar-refractivity contribution in [3.05, 3.63) is 72.3 Å². The molecule has 1 aliphatic rings. The van der Waals surface area contributed by atoms with Gasteiger partial charge in [0, 0.05) is 12.0 Å². The molecule has 2 atom stereocenters. The summed E-state index contributed by atoms with van der Waals surface area (Å²) in [5.74, 6) is -1.58. The molecule has 3 N–H and O–H groups in total. The highest BCUT2D eigenvalue weighted by molar-refractivity contribution is 5.86.